The standard InChI is InChI=1S/C5H5Cl2F3/c1-2-3(4(6)7)5(8,9)10/h2-4H,1H2. The van der Waals surface area contributed by atoms with Crippen LogP contribution in [-0.2, 0) is 0 Å². The minimum atomic E-state index is -4.39. The molecular weight excluding hydrogens is 188 g/mol. The molecule has 0 aromatic carbocycles. The predicted octanol–water partition coefficient (Wildman–Crippen LogP) is 3.15. The molecule has 0 amide bonds. The van der Waals surface area contributed by atoms with Gasteiger partial charge in [-0.1, -0.05) is 6.08 Å². The molecule has 0 aliphatic heterocycles. The molecule has 10 heavy (non-hydrogen) atoms. The van der Waals surface area contributed by atoms with Crippen LogP contribution in [0.2, 0.25) is 0 Å². The van der Waals surface area contributed by atoms with Crippen molar-refractivity contribution in [1.29, 1.82) is 0 Å². The van der Waals surface area contributed by atoms with Gasteiger partial charge in [0.25, 0.3) is 0 Å². The summed E-state index contributed by atoms with van der Waals surface area (Å²) in [5, 5.41) is 0. The number of hydrogen-bond acceptors (Lipinski definition) is 0. The van der Waals surface area contributed by atoms with Crippen molar-refractivity contribution in [3.63, 3.8) is 0 Å². The van der Waals surface area contributed by atoms with Crippen LogP contribution in [0.4, 0.5) is 13.2 Å². The Bertz CT molecular complexity index is 119. The van der Waals surface area contributed by atoms with Crippen molar-refractivity contribution in [3.8, 4) is 0 Å². The van der Waals surface area contributed by atoms with Gasteiger partial charge in [-0.25, -0.2) is 0 Å². The summed E-state index contributed by atoms with van der Waals surface area (Å²) in [6, 6.07) is 0. The van der Waals surface area contributed by atoms with Crippen molar-refractivity contribution in [2.24, 2.45) is 5.92 Å². The lowest BCUT2D eigenvalue weighted by Gasteiger charge is -2.16. The van der Waals surface area contributed by atoms with E-state index in [0.29, 0.717) is 6.08 Å². The fourth-order valence-electron chi connectivity index (χ4n) is 0.379. The first-order valence-corrected chi connectivity index (χ1v) is 3.24. The smallest absolute Gasteiger partial charge is 0.170 e. The zero-order chi connectivity index (χ0) is 8.36. The highest BCUT2D eigenvalue weighted by molar-refractivity contribution is 6.44. The number of halogens is 5. The van der Waals surface area contributed by atoms with E-state index in [1.165, 1.54) is 0 Å². The summed E-state index contributed by atoms with van der Waals surface area (Å²) in [6.07, 6.45) is -3.71. The van der Waals surface area contributed by atoms with Crippen molar-refractivity contribution in [2.45, 2.75) is 11.0 Å². The third kappa shape index (κ3) is 2.80. The molecule has 0 saturated carbocycles. The molecule has 1 atom stereocenters. The van der Waals surface area contributed by atoms with Crippen LogP contribution in [0.5, 0.6) is 0 Å². The SMILES string of the molecule is C=CC(C(Cl)Cl)C(F)(F)F. The van der Waals surface area contributed by atoms with Crippen LogP contribution >= 0.6 is 23.2 Å². The molecule has 0 radical (unpaired) electrons. The van der Waals surface area contributed by atoms with Gasteiger partial charge in [-0.15, -0.1) is 29.8 Å². The first kappa shape index (κ1) is 10.1. The molecule has 5 heteroatoms. The molecule has 0 aromatic rings. The van der Waals surface area contributed by atoms with E-state index in [4.69, 9.17) is 23.2 Å². The van der Waals surface area contributed by atoms with E-state index in [9.17, 15) is 13.2 Å². The Hall–Kier alpha value is 0.110. The van der Waals surface area contributed by atoms with Gasteiger partial charge in [0.05, 0.1) is 0 Å². The Labute approximate surface area is 66.6 Å². The molecule has 0 bridgehead atoms. The van der Waals surface area contributed by atoms with Crippen LogP contribution in [0, 0.1) is 5.92 Å². The van der Waals surface area contributed by atoms with E-state index in [1.807, 2.05) is 0 Å². The van der Waals surface area contributed by atoms with Crippen LogP contribution in [0.15, 0.2) is 12.7 Å². The van der Waals surface area contributed by atoms with Gasteiger partial charge < -0.3 is 0 Å². The molecule has 0 heterocycles. The predicted molar refractivity (Wildman–Crippen MR) is 35.2 cm³/mol. The molecule has 0 aliphatic rings. The number of allylic oxidation sites excluding steroid dienone is 1. The maximum Gasteiger partial charge on any atom is 0.397 e. The fourth-order valence-corrected chi connectivity index (χ4v) is 0.871. The second kappa shape index (κ2) is 3.49. The molecule has 60 valence electrons. The topological polar surface area (TPSA) is 0 Å². The maximum atomic E-state index is 11.7. The van der Waals surface area contributed by atoms with Gasteiger partial charge in [0.1, 0.15) is 10.8 Å². The molecule has 0 rings (SSSR count). The van der Waals surface area contributed by atoms with Crippen molar-refractivity contribution in [1.82, 2.24) is 0 Å². The second-order valence-electron chi connectivity index (χ2n) is 1.64. The third-order valence-corrected chi connectivity index (χ3v) is 1.45. The van der Waals surface area contributed by atoms with Crippen LogP contribution in [0.1, 0.15) is 0 Å². The molecule has 0 saturated heterocycles. The maximum absolute atomic E-state index is 11.7. The van der Waals surface area contributed by atoms with E-state index in [2.05, 4.69) is 6.58 Å². The Morgan fingerprint density at radius 3 is 1.70 bits per heavy atom. The Balaban J connectivity index is 4.21. The summed E-state index contributed by atoms with van der Waals surface area (Å²) in [6.45, 7) is 2.96. The summed E-state index contributed by atoms with van der Waals surface area (Å²) in [5.41, 5.74) is 0. The van der Waals surface area contributed by atoms with E-state index in [1.54, 1.807) is 0 Å². The Kier molecular flexibility index (Phi) is 3.52. The van der Waals surface area contributed by atoms with Crippen molar-refractivity contribution >= 4 is 23.2 Å². The van der Waals surface area contributed by atoms with Gasteiger partial charge in [0.2, 0.25) is 0 Å². The Morgan fingerprint density at radius 2 is 1.70 bits per heavy atom. The number of rotatable bonds is 2. The molecule has 0 spiro atoms. The van der Waals surface area contributed by atoms with Crippen LogP contribution in [-0.4, -0.2) is 11.0 Å². The summed E-state index contributed by atoms with van der Waals surface area (Å²) in [5.74, 6) is -1.84. The van der Waals surface area contributed by atoms with Gasteiger partial charge in [-0.3, -0.25) is 0 Å². The van der Waals surface area contributed by atoms with Crippen LogP contribution < -0.4 is 0 Å². The van der Waals surface area contributed by atoms with Gasteiger partial charge in [0, 0.05) is 0 Å². The number of hydrogen-bond donors (Lipinski definition) is 0. The van der Waals surface area contributed by atoms with E-state index < -0.39 is 16.9 Å². The molecule has 0 aromatic heterocycles. The average molecular weight is 193 g/mol. The molecular formula is C5H5Cl2F3. The zero-order valence-electron chi connectivity index (χ0n) is 4.83. The normalized spacial score (nSPS) is 15.4. The van der Waals surface area contributed by atoms with Crippen LogP contribution in [0.25, 0.3) is 0 Å². The summed E-state index contributed by atoms with van der Waals surface area (Å²) in [4.78, 5) is -1.47. The Morgan fingerprint density at radius 1 is 1.30 bits per heavy atom. The minimum absolute atomic E-state index is 0.685. The van der Waals surface area contributed by atoms with Crippen LogP contribution in [0.3, 0.4) is 0 Å². The molecule has 0 aliphatic carbocycles. The molecule has 0 fully saturated rings. The first-order chi connectivity index (χ1) is 4.39. The van der Waals surface area contributed by atoms with Gasteiger partial charge in [-0.2, -0.15) is 13.2 Å². The molecule has 0 N–H and O–H groups in total. The second-order valence-corrected chi connectivity index (χ2v) is 2.80. The van der Waals surface area contributed by atoms with E-state index in [-0.39, 0.29) is 0 Å². The molecule has 1 unspecified atom stereocenters. The quantitative estimate of drug-likeness (QED) is 0.466. The molecule has 0 nitrogen and oxygen atoms in total. The minimum Gasteiger partial charge on any atom is -0.170 e. The van der Waals surface area contributed by atoms with Gasteiger partial charge in [0.15, 0.2) is 0 Å². The lowest BCUT2D eigenvalue weighted by molar-refractivity contribution is -0.157. The van der Waals surface area contributed by atoms with E-state index in [0.717, 1.165) is 0 Å². The van der Waals surface area contributed by atoms with Gasteiger partial charge >= 0.3 is 6.18 Å². The first-order valence-electron chi connectivity index (χ1n) is 2.37. The van der Waals surface area contributed by atoms with Crippen molar-refractivity contribution in [2.75, 3.05) is 0 Å². The monoisotopic (exact) mass is 192 g/mol. The number of alkyl halides is 5. The van der Waals surface area contributed by atoms with Gasteiger partial charge in [-0.05, 0) is 0 Å². The zero-order valence-corrected chi connectivity index (χ0v) is 6.34. The summed E-state index contributed by atoms with van der Waals surface area (Å²) >= 11 is 10.0. The van der Waals surface area contributed by atoms with E-state index >= 15 is 0 Å². The average Bonchev–Trinajstić information content (AvgIpc) is 1.60. The highest BCUT2D eigenvalue weighted by Crippen LogP contribution is 2.33. The summed E-state index contributed by atoms with van der Waals surface area (Å²) in [7, 11) is 0. The van der Waals surface area contributed by atoms with Crippen molar-refractivity contribution in [3.05, 3.63) is 12.7 Å². The largest absolute Gasteiger partial charge is 0.397 e. The lowest BCUT2D eigenvalue weighted by Crippen LogP contribution is -2.26. The highest BCUT2D eigenvalue weighted by atomic mass is 35.5. The lowest BCUT2D eigenvalue weighted by atomic mass is 10.2. The highest BCUT2D eigenvalue weighted by Gasteiger charge is 2.41. The summed E-state index contributed by atoms with van der Waals surface area (Å²) < 4.78 is 35.2. The van der Waals surface area contributed by atoms with Crippen molar-refractivity contribution < 1.29 is 13.2 Å². The third-order valence-electron chi connectivity index (χ3n) is 0.903. The fraction of sp³-hybridized carbons (Fsp3) is 0.600.